The van der Waals surface area contributed by atoms with Crippen LogP contribution in [0.2, 0.25) is 0 Å². The Morgan fingerprint density at radius 1 is 1.07 bits per heavy atom. The molecule has 30 heavy (non-hydrogen) atoms. The SMILES string of the molecule is COc1ccc(C2=NN3[C@H](C(=O)c4ccc(Br)cc4)Oc4ccccc4[C@@H]3C2)cc1. The maximum Gasteiger partial charge on any atom is 0.251 e. The molecular weight excluding hydrogens is 444 g/mol. The Bertz CT molecular complexity index is 1130. The quantitative estimate of drug-likeness (QED) is 0.499. The molecule has 0 unspecified atom stereocenters. The molecule has 3 aromatic rings. The fraction of sp³-hybridized carbons (Fsp3) is 0.167. The molecule has 2 heterocycles. The van der Waals surface area contributed by atoms with Crippen molar-refractivity contribution in [2.24, 2.45) is 5.10 Å². The first-order chi connectivity index (χ1) is 14.6. The van der Waals surface area contributed by atoms with E-state index in [2.05, 4.69) is 15.9 Å². The summed E-state index contributed by atoms with van der Waals surface area (Å²) in [5.74, 6) is 1.43. The Morgan fingerprint density at radius 2 is 1.80 bits per heavy atom. The first-order valence-electron chi connectivity index (χ1n) is 9.69. The highest BCUT2D eigenvalue weighted by molar-refractivity contribution is 9.10. The van der Waals surface area contributed by atoms with Gasteiger partial charge in [0.25, 0.3) is 6.23 Å². The normalized spacial score (nSPS) is 19.4. The Labute approximate surface area is 183 Å². The molecule has 0 N–H and O–H groups in total. The summed E-state index contributed by atoms with van der Waals surface area (Å²) in [4.78, 5) is 13.3. The number of halogens is 1. The third kappa shape index (κ3) is 3.27. The zero-order valence-corrected chi connectivity index (χ0v) is 17.9. The number of hydrazone groups is 1. The van der Waals surface area contributed by atoms with Gasteiger partial charge in [-0.15, -0.1) is 0 Å². The van der Waals surface area contributed by atoms with Crippen LogP contribution < -0.4 is 9.47 Å². The summed E-state index contributed by atoms with van der Waals surface area (Å²) in [6.07, 6.45) is -0.0987. The maximum absolute atomic E-state index is 13.3. The molecule has 5 nitrogen and oxygen atoms in total. The van der Waals surface area contributed by atoms with E-state index in [0.717, 1.165) is 32.8 Å². The summed E-state index contributed by atoms with van der Waals surface area (Å²) in [6.45, 7) is 0. The number of carbonyl (C=O) groups is 1. The minimum absolute atomic E-state index is 0.0450. The Balaban J connectivity index is 1.53. The van der Waals surface area contributed by atoms with Crippen molar-refractivity contribution in [3.05, 3.63) is 94.0 Å². The molecule has 6 heteroatoms. The van der Waals surface area contributed by atoms with Gasteiger partial charge < -0.3 is 9.47 Å². The van der Waals surface area contributed by atoms with E-state index in [-0.39, 0.29) is 11.8 Å². The zero-order valence-electron chi connectivity index (χ0n) is 16.3. The van der Waals surface area contributed by atoms with Gasteiger partial charge in [0.15, 0.2) is 0 Å². The van der Waals surface area contributed by atoms with Crippen molar-refractivity contribution in [2.75, 3.05) is 7.11 Å². The van der Waals surface area contributed by atoms with Gasteiger partial charge in [-0.1, -0.05) is 46.3 Å². The average molecular weight is 463 g/mol. The molecule has 0 saturated carbocycles. The zero-order chi connectivity index (χ0) is 20.7. The van der Waals surface area contributed by atoms with E-state index in [1.165, 1.54) is 0 Å². The molecule has 0 fully saturated rings. The first-order valence-corrected chi connectivity index (χ1v) is 10.5. The van der Waals surface area contributed by atoms with Crippen LogP contribution in [0.3, 0.4) is 0 Å². The largest absolute Gasteiger partial charge is 0.497 e. The topological polar surface area (TPSA) is 51.1 Å². The van der Waals surface area contributed by atoms with Crippen molar-refractivity contribution in [3.8, 4) is 11.5 Å². The van der Waals surface area contributed by atoms with Crippen LogP contribution in [0.4, 0.5) is 0 Å². The van der Waals surface area contributed by atoms with Gasteiger partial charge in [-0.2, -0.15) is 5.10 Å². The average Bonchev–Trinajstić information content (AvgIpc) is 3.24. The summed E-state index contributed by atoms with van der Waals surface area (Å²) < 4.78 is 12.3. The smallest absolute Gasteiger partial charge is 0.251 e. The first kappa shape index (κ1) is 18.9. The highest BCUT2D eigenvalue weighted by Gasteiger charge is 2.43. The van der Waals surface area contributed by atoms with E-state index in [1.54, 1.807) is 19.2 Å². The number of methoxy groups -OCH3 is 1. The molecule has 0 spiro atoms. The Kier molecular flexibility index (Phi) is 4.79. The Morgan fingerprint density at radius 3 is 2.53 bits per heavy atom. The molecule has 5 rings (SSSR count). The van der Waals surface area contributed by atoms with Gasteiger partial charge >= 0.3 is 0 Å². The number of ether oxygens (including phenoxy) is 2. The second kappa shape index (κ2) is 7.61. The predicted octanol–water partition coefficient (Wildman–Crippen LogP) is 5.21. The number of ketones is 1. The minimum atomic E-state index is -0.804. The van der Waals surface area contributed by atoms with E-state index in [1.807, 2.05) is 65.7 Å². The molecule has 0 bridgehead atoms. The summed E-state index contributed by atoms with van der Waals surface area (Å²) >= 11 is 3.42. The second-order valence-corrected chi connectivity index (χ2v) is 8.17. The second-order valence-electron chi connectivity index (χ2n) is 7.25. The van der Waals surface area contributed by atoms with Crippen LogP contribution in [0, 0.1) is 0 Å². The van der Waals surface area contributed by atoms with Gasteiger partial charge in [0.2, 0.25) is 5.78 Å². The number of rotatable bonds is 4. The lowest BCUT2D eigenvalue weighted by Gasteiger charge is -2.37. The van der Waals surface area contributed by atoms with E-state index in [9.17, 15) is 4.79 Å². The molecule has 150 valence electrons. The summed E-state index contributed by atoms with van der Waals surface area (Å²) in [5.41, 5.74) is 3.58. The molecule has 0 amide bonds. The van der Waals surface area contributed by atoms with Crippen molar-refractivity contribution in [2.45, 2.75) is 18.7 Å². The molecule has 0 aromatic heterocycles. The van der Waals surface area contributed by atoms with Gasteiger partial charge in [-0.3, -0.25) is 4.79 Å². The van der Waals surface area contributed by atoms with Crippen molar-refractivity contribution in [3.63, 3.8) is 0 Å². The third-order valence-electron chi connectivity index (χ3n) is 5.48. The van der Waals surface area contributed by atoms with Gasteiger partial charge in [-0.05, 0) is 48.0 Å². The number of fused-ring (bicyclic) bond motifs is 3. The van der Waals surface area contributed by atoms with Crippen LogP contribution >= 0.6 is 15.9 Å². The number of benzene rings is 3. The van der Waals surface area contributed by atoms with Gasteiger partial charge in [0.1, 0.15) is 11.5 Å². The van der Waals surface area contributed by atoms with Crippen LogP contribution in [-0.2, 0) is 0 Å². The molecule has 0 radical (unpaired) electrons. The third-order valence-corrected chi connectivity index (χ3v) is 6.00. The van der Waals surface area contributed by atoms with Crippen molar-refractivity contribution in [1.82, 2.24) is 5.01 Å². The highest BCUT2D eigenvalue weighted by atomic mass is 79.9. The van der Waals surface area contributed by atoms with E-state index in [4.69, 9.17) is 14.6 Å². The molecule has 0 aliphatic carbocycles. The van der Waals surface area contributed by atoms with Crippen LogP contribution in [0.15, 0.2) is 82.4 Å². The van der Waals surface area contributed by atoms with E-state index < -0.39 is 6.23 Å². The van der Waals surface area contributed by atoms with Gasteiger partial charge in [0, 0.05) is 22.0 Å². The number of hydrogen-bond donors (Lipinski definition) is 0. The van der Waals surface area contributed by atoms with Crippen molar-refractivity contribution in [1.29, 1.82) is 0 Å². The van der Waals surface area contributed by atoms with Gasteiger partial charge in [-0.25, -0.2) is 5.01 Å². The van der Waals surface area contributed by atoms with Crippen LogP contribution in [0.25, 0.3) is 0 Å². The van der Waals surface area contributed by atoms with Crippen molar-refractivity contribution < 1.29 is 14.3 Å². The van der Waals surface area contributed by atoms with Gasteiger partial charge in [0.05, 0.1) is 18.9 Å². The number of carbonyl (C=O) groups excluding carboxylic acids is 1. The maximum atomic E-state index is 13.3. The summed E-state index contributed by atoms with van der Waals surface area (Å²) in [7, 11) is 1.65. The van der Waals surface area contributed by atoms with Crippen LogP contribution in [-0.4, -0.2) is 29.8 Å². The van der Waals surface area contributed by atoms with Crippen LogP contribution in [0.1, 0.15) is 33.9 Å². The predicted molar refractivity (Wildman–Crippen MR) is 118 cm³/mol. The molecule has 2 atom stereocenters. The summed E-state index contributed by atoms with van der Waals surface area (Å²) in [6, 6.07) is 23.0. The number of hydrogen-bond acceptors (Lipinski definition) is 5. The highest BCUT2D eigenvalue weighted by Crippen LogP contribution is 2.43. The van der Waals surface area contributed by atoms with Crippen LogP contribution in [0.5, 0.6) is 11.5 Å². The lowest BCUT2D eigenvalue weighted by Crippen LogP contribution is -2.45. The molecule has 0 saturated heterocycles. The number of Topliss-reactive ketones (excluding diaryl/α,β-unsaturated/α-hetero) is 1. The Hall–Kier alpha value is -3.12. The molecular formula is C24H19BrN2O3. The molecule has 3 aromatic carbocycles. The van der Waals surface area contributed by atoms with E-state index >= 15 is 0 Å². The molecule has 2 aliphatic rings. The van der Waals surface area contributed by atoms with Crippen molar-refractivity contribution >= 4 is 27.4 Å². The summed E-state index contributed by atoms with van der Waals surface area (Å²) in [5, 5.41) is 6.65. The number of para-hydroxylation sites is 1. The lowest BCUT2D eigenvalue weighted by atomic mass is 9.96. The minimum Gasteiger partial charge on any atom is -0.497 e. The standard InChI is InChI=1S/C24H19BrN2O3/c1-29-18-12-8-15(9-13-18)20-14-21-19-4-2-3-5-22(19)30-24(27(21)26-20)23(28)16-6-10-17(25)11-7-16/h2-13,21,24H,14H2,1H3/t21-,24-/m0/s1. The van der Waals surface area contributed by atoms with E-state index in [0.29, 0.717) is 12.0 Å². The lowest BCUT2D eigenvalue weighted by molar-refractivity contribution is -0.00455. The monoisotopic (exact) mass is 462 g/mol. The molecule has 2 aliphatic heterocycles. The fourth-order valence-electron chi connectivity index (χ4n) is 3.92. The fourth-order valence-corrected chi connectivity index (χ4v) is 4.19. The number of nitrogens with zero attached hydrogens (tertiary/aromatic N) is 2.